The first-order valence-electron chi connectivity index (χ1n) is 7.52. The Balaban J connectivity index is 0.00000288. The SMILES string of the molecule is CCOc1ccc(PC(=O)c2c(C)cccc2Cl)c(OCC)c1.[H-].[Li+]. The van der Waals surface area contributed by atoms with Gasteiger partial charge in [-0.2, -0.15) is 0 Å². The zero-order valence-corrected chi connectivity index (χ0v) is 16.2. The van der Waals surface area contributed by atoms with Gasteiger partial charge in [0.15, 0.2) is 5.52 Å². The molecule has 0 bridgehead atoms. The molecule has 0 heterocycles. The molecule has 6 heteroatoms. The van der Waals surface area contributed by atoms with Crippen LogP contribution in [0.2, 0.25) is 5.02 Å². The van der Waals surface area contributed by atoms with E-state index in [0.29, 0.717) is 29.5 Å². The molecule has 3 nitrogen and oxygen atoms in total. The Labute approximate surface area is 163 Å². The minimum Gasteiger partial charge on any atom is -1.00 e. The number of benzene rings is 2. The van der Waals surface area contributed by atoms with Crippen molar-refractivity contribution in [1.29, 1.82) is 0 Å². The van der Waals surface area contributed by atoms with E-state index in [-0.39, 0.29) is 34.4 Å². The fourth-order valence-electron chi connectivity index (χ4n) is 2.24. The first-order chi connectivity index (χ1) is 11.1. The maximum atomic E-state index is 12.7. The summed E-state index contributed by atoms with van der Waals surface area (Å²) in [6, 6.07) is 11.1. The quantitative estimate of drug-likeness (QED) is 0.558. The van der Waals surface area contributed by atoms with Gasteiger partial charge in [0, 0.05) is 16.9 Å². The van der Waals surface area contributed by atoms with E-state index >= 15 is 0 Å². The average Bonchev–Trinajstić information content (AvgIpc) is 2.50. The van der Waals surface area contributed by atoms with Crippen LogP contribution in [-0.2, 0) is 0 Å². The second-order valence-electron chi connectivity index (χ2n) is 4.91. The number of aryl methyl sites for hydroxylation is 1. The molecule has 2 rings (SSSR count). The summed E-state index contributed by atoms with van der Waals surface area (Å²) in [6.45, 7) is 6.86. The molecule has 2 aromatic carbocycles. The van der Waals surface area contributed by atoms with Gasteiger partial charge in [0.1, 0.15) is 11.5 Å². The first kappa shape index (κ1) is 21.1. The summed E-state index contributed by atoms with van der Waals surface area (Å²) in [5, 5.41) is 1.35. The van der Waals surface area contributed by atoms with Gasteiger partial charge in [-0.25, -0.2) is 0 Å². The van der Waals surface area contributed by atoms with Crippen molar-refractivity contribution in [3.8, 4) is 11.5 Å². The molecule has 0 amide bonds. The van der Waals surface area contributed by atoms with E-state index in [9.17, 15) is 4.79 Å². The summed E-state index contributed by atoms with van der Waals surface area (Å²) in [7, 11) is -0.0483. The topological polar surface area (TPSA) is 35.5 Å². The Hall–Kier alpha value is -0.973. The second kappa shape index (κ2) is 10.1. The van der Waals surface area contributed by atoms with Gasteiger partial charge < -0.3 is 10.9 Å². The number of carbonyl (C=O) groups is 1. The normalized spacial score (nSPS) is 10.5. The largest absolute Gasteiger partial charge is 1.00 e. The van der Waals surface area contributed by atoms with Crippen LogP contribution in [0.3, 0.4) is 0 Å². The molecule has 0 aliphatic heterocycles. The Morgan fingerprint density at radius 3 is 2.50 bits per heavy atom. The van der Waals surface area contributed by atoms with Gasteiger partial charge in [-0.15, -0.1) is 0 Å². The molecular formula is C18H21ClLiO3P. The van der Waals surface area contributed by atoms with Crippen LogP contribution in [0.25, 0.3) is 0 Å². The molecule has 0 saturated carbocycles. The minimum atomic E-state index is -0.0483. The molecule has 0 spiro atoms. The van der Waals surface area contributed by atoms with Crippen molar-refractivity contribution in [2.45, 2.75) is 20.8 Å². The molecule has 1 atom stereocenters. The molecule has 0 radical (unpaired) electrons. The number of halogens is 1. The third-order valence-corrected chi connectivity index (χ3v) is 4.74. The maximum Gasteiger partial charge on any atom is 1.00 e. The van der Waals surface area contributed by atoms with Crippen molar-refractivity contribution in [2.24, 2.45) is 0 Å². The molecule has 24 heavy (non-hydrogen) atoms. The molecule has 0 aliphatic carbocycles. The Kier molecular flexibility index (Phi) is 8.88. The molecule has 0 N–H and O–H groups in total. The number of hydrogen-bond acceptors (Lipinski definition) is 3. The van der Waals surface area contributed by atoms with Crippen molar-refractivity contribution in [2.75, 3.05) is 13.2 Å². The fourth-order valence-corrected chi connectivity index (χ4v) is 3.76. The molecule has 0 aromatic heterocycles. The molecule has 2 aromatic rings. The van der Waals surface area contributed by atoms with Crippen LogP contribution in [0.1, 0.15) is 31.2 Å². The van der Waals surface area contributed by atoms with Crippen molar-refractivity contribution >= 4 is 31.0 Å². The Morgan fingerprint density at radius 2 is 1.88 bits per heavy atom. The van der Waals surface area contributed by atoms with Gasteiger partial charge in [-0.05, 0) is 53.1 Å². The molecule has 1 unspecified atom stereocenters. The van der Waals surface area contributed by atoms with Crippen LogP contribution in [0.5, 0.6) is 11.5 Å². The summed E-state index contributed by atoms with van der Waals surface area (Å²) >= 11 is 6.19. The number of carbonyl (C=O) groups excluding carboxylic acids is 1. The smallest absolute Gasteiger partial charge is 1.00 e. The molecule has 124 valence electrons. The Bertz CT molecular complexity index is 692. The predicted octanol–water partition coefficient (Wildman–Crippen LogP) is 1.71. The molecular weight excluding hydrogens is 338 g/mol. The summed E-state index contributed by atoms with van der Waals surface area (Å²) in [5.74, 6) is 1.43. The van der Waals surface area contributed by atoms with E-state index in [0.717, 1.165) is 16.6 Å². The van der Waals surface area contributed by atoms with Crippen LogP contribution in [0.4, 0.5) is 0 Å². The summed E-state index contributed by atoms with van der Waals surface area (Å²) in [4.78, 5) is 12.7. The summed E-state index contributed by atoms with van der Waals surface area (Å²) < 4.78 is 11.2. The predicted molar refractivity (Wildman–Crippen MR) is 98.4 cm³/mol. The summed E-state index contributed by atoms with van der Waals surface area (Å²) in [6.07, 6.45) is 0. The van der Waals surface area contributed by atoms with E-state index in [1.807, 2.05) is 51.1 Å². The number of hydrogen-bond donors (Lipinski definition) is 0. The number of rotatable bonds is 7. The fraction of sp³-hybridized carbons (Fsp3) is 0.278. The van der Waals surface area contributed by atoms with E-state index in [1.165, 1.54) is 0 Å². The molecule has 0 saturated heterocycles. The van der Waals surface area contributed by atoms with Gasteiger partial charge in [0.25, 0.3) is 0 Å². The van der Waals surface area contributed by atoms with Gasteiger partial charge in [-0.3, -0.25) is 4.79 Å². The van der Waals surface area contributed by atoms with Gasteiger partial charge in [0.2, 0.25) is 0 Å². The standard InChI is InChI=1S/C18H20ClO3P.Li.H/c1-4-21-13-9-10-16(15(11-13)22-5-2)23-18(20)17-12(3)7-6-8-14(17)19;;/h6-11,23H,4-5H2,1-3H3;;/q;+1;-1. The van der Waals surface area contributed by atoms with Gasteiger partial charge >= 0.3 is 18.9 Å². The van der Waals surface area contributed by atoms with E-state index in [2.05, 4.69) is 0 Å². The van der Waals surface area contributed by atoms with E-state index in [1.54, 1.807) is 6.07 Å². The molecule has 0 aliphatic rings. The van der Waals surface area contributed by atoms with Gasteiger partial charge in [0.05, 0.1) is 18.2 Å². The maximum absolute atomic E-state index is 12.7. The van der Waals surface area contributed by atoms with Gasteiger partial charge in [-0.1, -0.05) is 23.7 Å². The van der Waals surface area contributed by atoms with Crippen molar-refractivity contribution in [3.05, 3.63) is 52.5 Å². The number of ether oxygens (including phenoxy) is 2. The van der Waals surface area contributed by atoms with Crippen molar-refractivity contribution < 1.29 is 34.6 Å². The third-order valence-electron chi connectivity index (χ3n) is 3.26. The van der Waals surface area contributed by atoms with Crippen LogP contribution in [-0.4, -0.2) is 18.7 Å². The third kappa shape index (κ3) is 5.26. The van der Waals surface area contributed by atoms with Crippen molar-refractivity contribution in [1.82, 2.24) is 0 Å². The minimum absolute atomic E-state index is 0. The van der Waals surface area contributed by atoms with E-state index in [4.69, 9.17) is 21.1 Å². The zero-order valence-electron chi connectivity index (χ0n) is 15.5. The zero-order chi connectivity index (χ0) is 16.8. The van der Waals surface area contributed by atoms with Crippen LogP contribution < -0.4 is 33.6 Å². The van der Waals surface area contributed by atoms with Crippen LogP contribution >= 0.6 is 20.2 Å². The van der Waals surface area contributed by atoms with E-state index < -0.39 is 0 Å². The first-order valence-corrected chi connectivity index (χ1v) is 8.90. The van der Waals surface area contributed by atoms with Crippen LogP contribution in [0.15, 0.2) is 36.4 Å². The Morgan fingerprint density at radius 1 is 1.17 bits per heavy atom. The summed E-state index contributed by atoms with van der Waals surface area (Å²) in [5.41, 5.74) is 1.49. The monoisotopic (exact) mass is 358 g/mol. The average molecular weight is 359 g/mol. The second-order valence-corrected chi connectivity index (χ2v) is 6.56. The van der Waals surface area contributed by atoms with Crippen LogP contribution in [0, 0.1) is 6.92 Å². The van der Waals surface area contributed by atoms with Crippen molar-refractivity contribution in [3.63, 3.8) is 0 Å². The molecule has 0 fully saturated rings.